The largest absolute Gasteiger partial charge is 0.481 e. The molecule has 6 rings (SSSR count). The van der Waals surface area contributed by atoms with Gasteiger partial charge in [0, 0.05) is 42.3 Å². The average molecular weight is 780 g/mol. The van der Waals surface area contributed by atoms with E-state index in [0.717, 1.165) is 56.1 Å². The van der Waals surface area contributed by atoms with Gasteiger partial charge in [0.15, 0.2) is 5.78 Å². The third kappa shape index (κ3) is 6.61. The van der Waals surface area contributed by atoms with Crippen LogP contribution in [0.15, 0.2) is 35.4 Å². The van der Waals surface area contributed by atoms with Crippen LogP contribution < -0.4 is 0 Å². The highest BCUT2D eigenvalue weighted by atomic mass is 35.5. The predicted molar refractivity (Wildman–Crippen MR) is 214 cm³/mol. The molecule has 8 nitrogen and oxygen atoms in total. The number of hydrogen-bond donors (Lipinski definition) is 2. The van der Waals surface area contributed by atoms with E-state index in [1.807, 2.05) is 24.3 Å². The van der Waals surface area contributed by atoms with E-state index in [4.69, 9.17) is 16.3 Å². The summed E-state index contributed by atoms with van der Waals surface area (Å²) in [7, 11) is 0. The average Bonchev–Trinajstić information content (AvgIpc) is 3.40. The van der Waals surface area contributed by atoms with Gasteiger partial charge in [-0.2, -0.15) is 0 Å². The fourth-order valence-corrected chi connectivity index (χ4v) is 13.6. The van der Waals surface area contributed by atoms with E-state index < -0.39 is 28.9 Å². The first-order valence-electron chi connectivity index (χ1n) is 20.8. The van der Waals surface area contributed by atoms with Crippen LogP contribution in [-0.2, 0) is 30.5 Å². The topological polar surface area (TPSA) is 121 Å². The summed E-state index contributed by atoms with van der Waals surface area (Å²) >= 11 is 6.51. The van der Waals surface area contributed by atoms with Crippen LogP contribution in [0.3, 0.4) is 0 Å². The Hall–Kier alpha value is -2.71. The zero-order valence-corrected chi connectivity index (χ0v) is 35.8. The summed E-state index contributed by atoms with van der Waals surface area (Å²) in [6, 6.07) is 7.49. The predicted octanol–water partition coefficient (Wildman–Crippen LogP) is 9.44. The van der Waals surface area contributed by atoms with E-state index in [0.29, 0.717) is 36.2 Å². The Bertz CT molecular complexity index is 1770. The van der Waals surface area contributed by atoms with Crippen LogP contribution in [0.2, 0.25) is 5.02 Å². The maximum Gasteiger partial charge on any atom is 0.309 e. The third-order valence-corrected chi connectivity index (χ3v) is 17.0. The standard InChI is InChI=1S/C46H66ClNO7/c1-27(2)38-32(50)23-46(35(51)26-48(28(3)49)25-29-13-11-12-14-31(29)47)22-21-44(9)30(39(38)46)15-16-34-43(8)19-18-36(55-37(52)24-41(4,5)40(53)54)42(6,7)33(43)17-20-45(34,44)10/h11-14,27,30,33-36,51H,15-26H2,1-10H3,(H,53,54). The molecule has 5 aliphatic carbocycles. The van der Waals surface area contributed by atoms with Gasteiger partial charge < -0.3 is 19.8 Å². The molecule has 9 heteroatoms. The molecule has 1 aromatic rings. The van der Waals surface area contributed by atoms with Crippen molar-refractivity contribution in [3.05, 3.63) is 46.0 Å². The number of aliphatic carboxylic acids is 1. The molecule has 0 bridgehead atoms. The summed E-state index contributed by atoms with van der Waals surface area (Å²) in [5.41, 5.74) is 0.654. The minimum Gasteiger partial charge on any atom is -0.481 e. The van der Waals surface area contributed by atoms with Crippen LogP contribution in [0.25, 0.3) is 0 Å². The SMILES string of the molecule is CC(=O)N(Cc1ccccc1Cl)CC(O)C12CCC3(C)C(CCC4C5(C)CCC(OC(=O)CC(C)(C)C(=O)O)C(C)(C)C5CCC43C)C1=C(C(C)C)C(=O)C2. The number of hydrogen-bond acceptors (Lipinski definition) is 6. The van der Waals surface area contributed by atoms with Gasteiger partial charge in [0.25, 0.3) is 0 Å². The molecule has 4 saturated carbocycles. The number of Topliss-reactive ketones (excluding diaryl/α,β-unsaturated/α-hetero) is 1. The maximum atomic E-state index is 14.2. The Kier molecular flexibility index (Phi) is 10.9. The molecule has 0 heterocycles. The van der Waals surface area contributed by atoms with Gasteiger partial charge in [0.1, 0.15) is 6.10 Å². The molecule has 0 aliphatic heterocycles. The number of ketones is 1. The number of aliphatic hydroxyl groups excluding tert-OH is 1. The monoisotopic (exact) mass is 779 g/mol. The van der Waals surface area contributed by atoms with Gasteiger partial charge in [-0.05, 0) is 122 Å². The first-order chi connectivity index (χ1) is 25.5. The summed E-state index contributed by atoms with van der Waals surface area (Å²) in [6.07, 6.45) is 6.28. The summed E-state index contributed by atoms with van der Waals surface area (Å²) < 4.78 is 6.16. The van der Waals surface area contributed by atoms with E-state index in [1.165, 1.54) is 12.5 Å². The molecule has 5 aliphatic rings. The number of amides is 1. The van der Waals surface area contributed by atoms with Crippen LogP contribution in [0.1, 0.15) is 139 Å². The van der Waals surface area contributed by atoms with Gasteiger partial charge in [-0.25, -0.2) is 0 Å². The first-order valence-corrected chi connectivity index (χ1v) is 21.2. The Morgan fingerprint density at radius 1 is 0.945 bits per heavy atom. The second-order valence-electron chi connectivity index (χ2n) is 20.6. The number of fused-ring (bicyclic) bond motifs is 7. The van der Waals surface area contributed by atoms with Gasteiger partial charge in [0.2, 0.25) is 5.91 Å². The number of esters is 1. The number of allylic oxidation sites excluding steroid dienone is 1. The Balaban J connectivity index is 1.29. The van der Waals surface area contributed by atoms with Crippen LogP contribution in [0.4, 0.5) is 0 Å². The number of benzene rings is 1. The summed E-state index contributed by atoms with van der Waals surface area (Å²) in [5, 5.41) is 22.6. The Labute approximate surface area is 334 Å². The number of nitrogens with zero attached hydrogens (tertiary/aromatic N) is 1. The molecular weight excluding hydrogens is 714 g/mol. The van der Waals surface area contributed by atoms with Crippen LogP contribution in [0.5, 0.6) is 0 Å². The minimum absolute atomic E-state index is 0.0143. The second kappa shape index (κ2) is 14.3. The number of halogens is 1. The van der Waals surface area contributed by atoms with Gasteiger partial charge in [-0.3, -0.25) is 19.2 Å². The van der Waals surface area contributed by atoms with Gasteiger partial charge in [0.05, 0.1) is 17.9 Å². The molecular formula is C46H66ClNO7. The quantitative estimate of drug-likeness (QED) is 0.227. The second-order valence-corrected chi connectivity index (χ2v) is 21.0. The number of carboxylic acid groups (broad SMARTS) is 1. The highest BCUT2D eigenvalue weighted by molar-refractivity contribution is 6.31. The molecule has 55 heavy (non-hydrogen) atoms. The highest BCUT2D eigenvalue weighted by Gasteiger charge is 2.71. The van der Waals surface area contributed by atoms with Crippen molar-refractivity contribution in [2.24, 2.45) is 56.2 Å². The van der Waals surface area contributed by atoms with Crippen molar-refractivity contribution in [3.63, 3.8) is 0 Å². The molecule has 9 unspecified atom stereocenters. The van der Waals surface area contributed by atoms with Crippen molar-refractivity contribution in [1.82, 2.24) is 4.90 Å². The lowest BCUT2D eigenvalue weighted by Gasteiger charge is -2.72. The van der Waals surface area contributed by atoms with Crippen molar-refractivity contribution in [2.45, 2.75) is 152 Å². The van der Waals surface area contributed by atoms with Gasteiger partial charge in [-0.15, -0.1) is 0 Å². The molecule has 0 radical (unpaired) electrons. The molecule has 9 atom stereocenters. The fourth-order valence-electron chi connectivity index (χ4n) is 13.4. The number of carbonyl (C=O) groups excluding carboxylic acids is 3. The lowest BCUT2D eigenvalue weighted by Crippen LogP contribution is -2.66. The van der Waals surface area contributed by atoms with E-state index >= 15 is 0 Å². The molecule has 1 amide bonds. The molecule has 1 aromatic carbocycles. The molecule has 0 aromatic heterocycles. The smallest absolute Gasteiger partial charge is 0.309 e. The summed E-state index contributed by atoms with van der Waals surface area (Å²) in [5.74, 6) is -0.481. The zero-order chi connectivity index (χ0) is 40.7. The van der Waals surface area contributed by atoms with E-state index in [9.17, 15) is 29.4 Å². The zero-order valence-electron chi connectivity index (χ0n) is 35.0. The Morgan fingerprint density at radius 3 is 2.24 bits per heavy atom. The number of carbonyl (C=O) groups is 4. The maximum absolute atomic E-state index is 14.2. The lowest BCUT2D eigenvalue weighted by molar-refractivity contribution is -0.235. The molecule has 0 spiro atoms. The van der Waals surface area contributed by atoms with Crippen LogP contribution >= 0.6 is 11.6 Å². The molecule has 0 saturated heterocycles. The van der Waals surface area contributed by atoms with E-state index in [2.05, 4.69) is 48.5 Å². The normalized spacial score (nSPS) is 36.0. The lowest BCUT2D eigenvalue weighted by atomic mass is 9.33. The van der Waals surface area contributed by atoms with Crippen molar-refractivity contribution in [2.75, 3.05) is 6.54 Å². The molecule has 4 fully saturated rings. The molecule has 304 valence electrons. The number of ether oxygens (including phenoxy) is 1. The van der Waals surface area contributed by atoms with E-state index in [-0.39, 0.29) is 64.3 Å². The summed E-state index contributed by atoms with van der Waals surface area (Å²) in [4.78, 5) is 53.8. The van der Waals surface area contributed by atoms with Crippen LogP contribution in [0, 0.1) is 56.2 Å². The first kappa shape index (κ1) is 41.9. The number of aliphatic hydroxyl groups is 1. The minimum atomic E-state index is -1.18. The number of carboxylic acids is 1. The van der Waals surface area contributed by atoms with Gasteiger partial charge >= 0.3 is 11.9 Å². The molecule has 2 N–H and O–H groups in total. The number of rotatable bonds is 10. The van der Waals surface area contributed by atoms with Crippen molar-refractivity contribution >= 4 is 35.2 Å². The fraction of sp³-hybridized carbons (Fsp3) is 0.739. The van der Waals surface area contributed by atoms with Crippen LogP contribution in [-0.4, -0.2) is 57.5 Å². The van der Waals surface area contributed by atoms with Crippen molar-refractivity contribution in [1.29, 1.82) is 0 Å². The van der Waals surface area contributed by atoms with E-state index in [1.54, 1.807) is 18.7 Å². The third-order valence-electron chi connectivity index (χ3n) is 16.7. The van der Waals surface area contributed by atoms with Crippen molar-refractivity contribution < 1.29 is 34.1 Å². The summed E-state index contributed by atoms with van der Waals surface area (Å²) in [6.45, 7) is 21.3. The Morgan fingerprint density at radius 2 is 1.62 bits per heavy atom. The highest BCUT2D eigenvalue weighted by Crippen LogP contribution is 2.77. The van der Waals surface area contributed by atoms with Crippen molar-refractivity contribution in [3.8, 4) is 0 Å². The van der Waals surface area contributed by atoms with Gasteiger partial charge in [-0.1, -0.05) is 83.8 Å².